The second kappa shape index (κ2) is 5.95. The first-order valence-corrected chi connectivity index (χ1v) is 5.15. The van der Waals surface area contributed by atoms with Crippen LogP contribution in [0, 0.1) is 0 Å². The van der Waals surface area contributed by atoms with Crippen molar-refractivity contribution in [1.82, 2.24) is 5.32 Å². The standard InChI is InChI=1S/C11H16ClNO2/c1-8(13-2)9-4-5-11(10(12)6-9)15-7-14-3/h4-6,8,13H,7H2,1-3H3. The van der Waals surface area contributed by atoms with Crippen LogP contribution in [-0.4, -0.2) is 21.0 Å². The van der Waals surface area contributed by atoms with E-state index in [1.165, 1.54) is 0 Å². The van der Waals surface area contributed by atoms with Crippen LogP contribution >= 0.6 is 11.6 Å². The molecular weight excluding hydrogens is 214 g/mol. The van der Waals surface area contributed by atoms with Crippen LogP contribution in [0.25, 0.3) is 0 Å². The van der Waals surface area contributed by atoms with Crippen molar-refractivity contribution >= 4 is 11.6 Å². The van der Waals surface area contributed by atoms with Crippen molar-refractivity contribution in [2.75, 3.05) is 21.0 Å². The fraction of sp³-hybridized carbons (Fsp3) is 0.455. The third kappa shape index (κ3) is 3.38. The number of hydrogen-bond donors (Lipinski definition) is 1. The number of benzene rings is 1. The molecule has 0 fully saturated rings. The summed E-state index contributed by atoms with van der Waals surface area (Å²) in [6.07, 6.45) is 0. The SMILES string of the molecule is CNC(C)c1ccc(OCOC)c(Cl)c1. The van der Waals surface area contributed by atoms with Gasteiger partial charge in [-0.2, -0.15) is 0 Å². The molecule has 0 saturated carbocycles. The fourth-order valence-electron chi connectivity index (χ4n) is 1.19. The van der Waals surface area contributed by atoms with Crippen LogP contribution in [0.5, 0.6) is 5.75 Å². The van der Waals surface area contributed by atoms with E-state index in [9.17, 15) is 0 Å². The summed E-state index contributed by atoms with van der Waals surface area (Å²) in [7, 11) is 3.49. The summed E-state index contributed by atoms with van der Waals surface area (Å²) in [5.41, 5.74) is 1.13. The molecule has 0 heterocycles. The number of halogens is 1. The summed E-state index contributed by atoms with van der Waals surface area (Å²) in [6.45, 7) is 2.28. The molecule has 0 spiro atoms. The van der Waals surface area contributed by atoms with E-state index in [-0.39, 0.29) is 12.8 Å². The molecule has 0 amide bonds. The predicted molar refractivity (Wildman–Crippen MR) is 61.4 cm³/mol. The zero-order valence-corrected chi connectivity index (χ0v) is 9.97. The summed E-state index contributed by atoms with van der Waals surface area (Å²) in [5, 5.41) is 3.75. The van der Waals surface area contributed by atoms with E-state index in [0.29, 0.717) is 10.8 Å². The minimum atomic E-state index is 0.209. The summed E-state index contributed by atoms with van der Waals surface area (Å²) in [4.78, 5) is 0. The second-order valence-electron chi connectivity index (χ2n) is 3.25. The van der Waals surface area contributed by atoms with Crippen molar-refractivity contribution in [2.24, 2.45) is 0 Å². The van der Waals surface area contributed by atoms with Gasteiger partial charge in [-0.3, -0.25) is 0 Å². The van der Waals surface area contributed by atoms with Gasteiger partial charge in [-0.05, 0) is 31.7 Å². The molecule has 0 radical (unpaired) electrons. The lowest BCUT2D eigenvalue weighted by molar-refractivity contribution is 0.0512. The highest BCUT2D eigenvalue weighted by Gasteiger charge is 2.06. The minimum absolute atomic E-state index is 0.209. The third-order valence-corrected chi connectivity index (χ3v) is 2.52. The number of methoxy groups -OCH3 is 1. The maximum Gasteiger partial charge on any atom is 0.188 e. The first kappa shape index (κ1) is 12.3. The minimum Gasteiger partial charge on any atom is -0.466 e. The molecule has 0 aliphatic carbocycles. The highest BCUT2D eigenvalue weighted by atomic mass is 35.5. The molecule has 0 saturated heterocycles. The zero-order valence-electron chi connectivity index (χ0n) is 9.21. The predicted octanol–water partition coefficient (Wildman–Crippen LogP) is 2.60. The van der Waals surface area contributed by atoms with Crippen molar-refractivity contribution in [1.29, 1.82) is 0 Å². The fourth-order valence-corrected chi connectivity index (χ4v) is 1.44. The van der Waals surface area contributed by atoms with Crippen LogP contribution in [0.15, 0.2) is 18.2 Å². The molecular formula is C11H16ClNO2. The molecule has 1 unspecified atom stereocenters. The highest BCUT2D eigenvalue weighted by Crippen LogP contribution is 2.27. The van der Waals surface area contributed by atoms with Gasteiger partial charge in [0.15, 0.2) is 6.79 Å². The largest absolute Gasteiger partial charge is 0.466 e. The Morgan fingerprint density at radius 2 is 2.20 bits per heavy atom. The molecule has 1 atom stereocenters. The Labute approximate surface area is 95.3 Å². The van der Waals surface area contributed by atoms with Crippen LogP contribution < -0.4 is 10.1 Å². The number of nitrogens with one attached hydrogen (secondary N) is 1. The van der Waals surface area contributed by atoms with E-state index in [1.54, 1.807) is 7.11 Å². The van der Waals surface area contributed by atoms with Crippen LogP contribution in [0.3, 0.4) is 0 Å². The molecule has 0 aliphatic rings. The van der Waals surface area contributed by atoms with Gasteiger partial charge in [0, 0.05) is 13.2 Å². The summed E-state index contributed by atoms with van der Waals surface area (Å²) >= 11 is 6.06. The second-order valence-corrected chi connectivity index (χ2v) is 3.66. The molecule has 1 N–H and O–H groups in total. The lowest BCUT2D eigenvalue weighted by atomic mass is 10.1. The Morgan fingerprint density at radius 1 is 1.47 bits per heavy atom. The lowest BCUT2D eigenvalue weighted by Gasteiger charge is -2.13. The Balaban J connectivity index is 2.78. The van der Waals surface area contributed by atoms with Gasteiger partial charge in [0.05, 0.1) is 5.02 Å². The molecule has 15 heavy (non-hydrogen) atoms. The Kier molecular flexibility index (Phi) is 4.88. The Morgan fingerprint density at radius 3 is 2.73 bits per heavy atom. The van der Waals surface area contributed by atoms with E-state index in [2.05, 4.69) is 12.2 Å². The van der Waals surface area contributed by atoms with Crippen molar-refractivity contribution in [2.45, 2.75) is 13.0 Å². The van der Waals surface area contributed by atoms with E-state index < -0.39 is 0 Å². The van der Waals surface area contributed by atoms with Crippen molar-refractivity contribution in [3.05, 3.63) is 28.8 Å². The van der Waals surface area contributed by atoms with Crippen LogP contribution in [0.2, 0.25) is 5.02 Å². The molecule has 3 nitrogen and oxygen atoms in total. The highest BCUT2D eigenvalue weighted by molar-refractivity contribution is 6.32. The average Bonchev–Trinajstić information content (AvgIpc) is 2.26. The van der Waals surface area contributed by atoms with Gasteiger partial charge in [-0.1, -0.05) is 17.7 Å². The first-order chi connectivity index (χ1) is 7.19. The summed E-state index contributed by atoms with van der Waals surface area (Å²) in [5.74, 6) is 0.644. The Hall–Kier alpha value is -0.770. The van der Waals surface area contributed by atoms with E-state index in [4.69, 9.17) is 21.1 Å². The molecule has 0 aliphatic heterocycles. The number of ether oxygens (including phenoxy) is 2. The summed E-state index contributed by atoms with van der Waals surface area (Å²) < 4.78 is 10.1. The smallest absolute Gasteiger partial charge is 0.188 e. The van der Waals surface area contributed by atoms with Gasteiger partial charge >= 0.3 is 0 Å². The third-order valence-electron chi connectivity index (χ3n) is 2.22. The molecule has 0 bridgehead atoms. The van der Waals surface area contributed by atoms with Crippen molar-refractivity contribution in [3.8, 4) is 5.75 Å². The summed E-state index contributed by atoms with van der Waals surface area (Å²) in [6, 6.07) is 6.01. The first-order valence-electron chi connectivity index (χ1n) is 4.77. The normalized spacial score (nSPS) is 12.5. The maximum absolute atomic E-state index is 6.06. The van der Waals surface area contributed by atoms with Gasteiger partial charge in [-0.25, -0.2) is 0 Å². The van der Waals surface area contributed by atoms with Crippen LogP contribution in [0.1, 0.15) is 18.5 Å². The van der Waals surface area contributed by atoms with Gasteiger partial charge < -0.3 is 14.8 Å². The molecule has 1 aromatic carbocycles. The van der Waals surface area contributed by atoms with E-state index in [0.717, 1.165) is 5.56 Å². The van der Waals surface area contributed by atoms with Gasteiger partial charge in [0.1, 0.15) is 5.75 Å². The zero-order chi connectivity index (χ0) is 11.3. The topological polar surface area (TPSA) is 30.5 Å². The molecule has 4 heteroatoms. The van der Waals surface area contributed by atoms with Crippen molar-refractivity contribution < 1.29 is 9.47 Å². The average molecular weight is 230 g/mol. The quantitative estimate of drug-likeness (QED) is 0.788. The van der Waals surface area contributed by atoms with Crippen molar-refractivity contribution in [3.63, 3.8) is 0 Å². The van der Waals surface area contributed by atoms with Gasteiger partial charge in [-0.15, -0.1) is 0 Å². The molecule has 0 aromatic heterocycles. The number of hydrogen-bond acceptors (Lipinski definition) is 3. The number of rotatable bonds is 5. The molecule has 84 valence electrons. The van der Waals surface area contributed by atoms with E-state index in [1.807, 2.05) is 25.2 Å². The molecule has 1 rings (SSSR count). The van der Waals surface area contributed by atoms with Crippen LogP contribution in [0.4, 0.5) is 0 Å². The van der Waals surface area contributed by atoms with Crippen LogP contribution in [-0.2, 0) is 4.74 Å². The van der Waals surface area contributed by atoms with Gasteiger partial charge in [0.25, 0.3) is 0 Å². The maximum atomic E-state index is 6.06. The monoisotopic (exact) mass is 229 g/mol. The lowest BCUT2D eigenvalue weighted by Crippen LogP contribution is -2.12. The van der Waals surface area contributed by atoms with E-state index >= 15 is 0 Å². The molecule has 1 aromatic rings. The Bertz CT molecular complexity index is 317. The van der Waals surface area contributed by atoms with Gasteiger partial charge in [0.2, 0.25) is 0 Å².